The molecule has 1 aliphatic rings. The fraction of sp³-hybridized carbons (Fsp3) is 0.214. The molecule has 0 saturated carbocycles. The molecule has 0 spiro atoms. The lowest BCUT2D eigenvalue weighted by atomic mass is 9.87. The fourth-order valence-electron chi connectivity index (χ4n) is 4.40. The number of esters is 1. The minimum Gasteiger partial charge on any atom is -0.489 e. The number of fused-ring (bicyclic) bond motifs is 1. The summed E-state index contributed by atoms with van der Waals surface area (Å²) in [6, 6.07) is 25.0. The molecule has 2 heterocycles. The molecule has 6 nitrogen and oxygen atoms in total. The Labute approximate surface area is 197 Å². The molecule has 3 aromatic carbocycles. The van der Waals surface area contributed by atoms with E-state index in [1.165, 1.54) is 0 Å². The largest absolute Gasteiger partial charge is 0.489 e. The van der Waals surface area contributed by atoms with Crippen LogP contribution < -0.4 is 10.1 Å². The molecule has 1 saturated heterocycles. The Balaban J connectivity index is 1.38. The first-order valence-corrected chi connectivity index (χ1v) is 11.4. The number of hydrogen-bond acceptors (Lipinski definition) is 5. The van der Waals surface area contributed by atoms with Crippen molar-refractivity contribution in [3.8, 4) is 5.75 Å². The van der Waals surface area contributed by atoms with Gasteiger partial charge >= 0.3 is 5.97 Å². The van der Waals surface area contributed by atoms with Gasteiger partial charge in [0.05, 0.1) is 0 Å². The molecular formula is C28H26N2O4. The van der Waals surface area contributed by atoms with Gasteiger partial charge in [-0.05, 0) is 48.7 Å². The first kappa shape index (κ1) is 21.9. The maximum absolute atomic E-state index is 13.8. The highest BCUT2D eigenvalue weighted by atomic mass is 16.5. The number of ketones is 1. The number of benzene rings is 3. The molecule has 1 atom stereocenters. The molecule has 4 aromatic rings. The summed E-state index contributed by atoms with van der Waals surface area (Å²) >= 11 is 0. The first-order valence-electron chi connectivity index (χ1n) is 11.4. The van der Waals surface area contributed by atoms with Gasteiger partial charge in [0, 0.05) is 22.7 Å². The Kier molecular flexibility index (Phi) is 6.14. The summed E-state index contributed by atoms with van der Waals surface area (Å²) in [6.07, 6.45) is 2.79. The molecule has 1 fully saturated rings. The van der Waals surface area contributed by atoms with Gasteiger partial charge in [-0.25, -0.2) is 4.79 Å². The smallest absolute Gasteiger partial charge is 0.334 e. The van der Waals surface area contributed by atoms with Crippen molar-refractivity contribution in [3.05, 3.63) is 102 Å². The summed E-state index contributed by atoms with van der Waals surface area (Å²) in [7, 11) is 0. The lowest BCUT2D eigenvalue weighted by Crippen LogP contribution is -2.55. The average Bonchev–Trinajstić information content (AvgIpc) is 3.55. The molecule has 6 heteroatoms. The fourth-order valence-corrected chi connectivity index (χ4v) is 4.40. The molecule has 1 aliphatic heterocycles. The van der Waals surface area contributed by atoms with Gasteiger partial charge in [0.25, 0.3) is 0 Å². The zero-order chi connectivity index (χ0) is 23.4. The first-order chi connectivity index (χ1) is 16.7. The van der Waals surface area contributed by atoms with Crippen molar-refractivity contribution in [3.63, 3.8) is 0 Å². The lowest BCUT2D eigenvalue weighted by molar-refractivity contribution is -0.150. The minimum atomic E-state index is -1.38. The van der Waals surface area contributed by atoms with Crippen molar-refractivity contribution < 1.29 is 19.1 Å². The molecule has 1 aromatic heterocycles. The highest BCUT2D eigenvalue weighted by molar-refractivity contribution is 6.21. The van der Waals surface area contributed by atoms with Crippen LogP contribution in [0, 0.1) is 0 Å². The number of nitrogens with one attached hydrogen (secondary N) is 2. The lowest BCUT2D eigenvalue weighted by Gasteiger charge is -2.25. The van der Waals surface area contributed by atoms with Crippen LogP contribution in [0.15, 0.2) is 85.1 Å². The number of hydrogen-bond donors (Lipinski definition) is 2. The molecule has 5 rings (SSSR count). The van der Waals surface area contributed by atoms with E-state index in [0.29, 0.717) is 30.9 Å². The van der Waals surface area contributed by atoms with Crippen LogP contribution in [0.4, 0.5) is 0 Å². The van der Waals surface area contributed by atoms with E-state index in [1.54, 1.807) is 6.20 Å². The summed E-state index contributed by atoms with van der Waals surface area (Å²) < 4.78 is 11.6. The molecule has 2 N–H and O–H groups in total. The van der Waals surface area contributed by atoms with Crippen molar-refractivity contribution in [2.75, 3.05) is 6.54 Å². The molecule has 0 aliphatic carbocycles. The SMILES string of the molecule is O=C(OCc1ccccc1)[C@@]1(C(=O)c2c[nH]c3ccc(OCc4ccccc4)cc23)CCCN1. The second kappa shape index (κ2) is 9.53. The highest BCUT2D eigenvalue weighted by Crippen LogP contribution is 2.31. The van der Waals surface area contributed by atoms with Crippen LogP contribution in [0.3, 0.4) is 0 Å². The third-order valence-corrected chi connectivity index (χ3v) is 6.25. The third-order valence-electron chi connectivity index (χ3n) is 6.25. The standard InChI is InChI=1S/C28H26N2O4/c31-26(28(14-7-15-30-28)27(32)34-19-21-10-5-2-6-11-21)24-17-29-25-13-12-22(16-23(24)25)33-18-20-8-3-1-4-9-20/h1-6,8-13,16-17,29-30H,7,14-15,18-19H2/t28-/m0/s1. The molecular weight excluding hydrogens is 428 g/mol. The van der Waals surface area contributed by atoms with E-state index in [4.69, 9.17) is 9.47 Å². The quantitative estimate of drug-likeness (QED) is 0.227. The number of aromatic nitrogens is 1. The molecule has 0 unspecified atom stereocenters. The summed E-state index contributed by atoms with van der Waals surface area (Å²) in [5.74, 6) is -0.163. The summed E-state index contributed by atoms with van der Waals surface area (Å²) in [4.78, 5) is 30.1. The van der Waals surface area contributed by atoms with E-state index >= 15 is 0 Å². The Bertz CT molecular complexity index is 1290. The van der Waals surface area contributed by atoms with Crippen LogP contribution in [0.1, 0.15) is 34.3 Å². The second-order valence-corrected chi connectivity index (χ2v) is 8.51. The highest BCUT2D eigenvalue weighted by Gasteiger charge is 2.50. The van der Waals surface area contributed by atoms with E-state index in [0.717, 1.165) is 28.5 Å². The molecule has 0 amide bonds. The monoisotopic (exact) mass is 454 g/mol. The van der Waals surface area contributed by atoms with Crippen molar-refractivity contribution in [1.29, 1.82) is 0 Å². The number of rotatable bonds is 8. The van der Waals surface area contributed by atoms with Crippen molar-refractivity contribution in [2.45, 2.75) is 31.6 Å². The van der Waals surface area contributed by atoms with Crippen LogP contribution in [0.5, 0.6) is 5.75 Å². The van der Waals surface area contributed by atoms with E-state index in [-0.39, 0.29) is 12.4 Å². The number of carbonyl (C=O) groups excluding carboxylic acids is 2. The van der Waals surface area contributed by atoms with Gasteiger partial charge < -0.3 is 14.5 Å². The Morgan fingerprint density at radius 3 is 2.26 bits per heavy atom. The summed E-state index contributed by atoms with van der Waals surface area (Å²) in [5.41, 5.74) is 1.81. The predicted octanol–water partition coefficient (Wildman–Crippen LogP) is 4.80. The topological polar surface area (TPSA) is 80.4 Å². The molecule has 0 bridgehead atoms. The van der Waals surface area contributed by atoms with Crippen molar-refractivity contribution in [2.24, 2.45) is 0 Å². The number of Topliss-reactive ketones (excluding diaryl/α,β-unsaturated/α-hetero) is 1. The van der Waals surface area contributed by atoms with Gasteiger partial charge in [0.1, 0.15) is 19.0 Å². The van der Waals surface area contributed by atoms with Crippen LogP contribution >= 0.6 is 0 Å². The maximum atomic E-state index is 13.8. The molecule has 34 heavy (non-hydrogen) atoms. The van der Waals surface area contributed by atoms with Gasteiger partial charge in [0.2, 0.25) is 0 Å². The maximum Gasteiger partial charge on any atom is 0.334 e. The number of H-pyrrole nitrogens is 1. The van der Waals surface area contributed by atoms with Crippen molar-refractivity contribution >= 4 is 22.7 Å². The molecule has 0 radical (unpaired) electrons. The van der Waals surface area contributed by atoms with E-state index in [1.807, 2.05) is 78.9 Å². The van der Waals surface area contributed by atoms with Gasteiger partial charge in [0.15, 0.2) is 11.3 Å². The number of ether oxygens (including phenoxy) is 2. The predicted molar refractivity (Wildman–Crippen MR) is 130 cm³/mol. The van der Waals surface area contributed by atoms with Crippen molar-refractivity contribution in [1.82, 2.24) is 10.3 Å². The van der Waals surface area contributed by atoms with E-state index in [2.05, 4.69) is 10.3 Å². The van der Waals surface area contributed by atoms with Gasteiger partial charge in [-0.2, -0.15) is 0 Å². The Hall–Kier alpha value is -3.90. The van der Waals surface area contributed by atoms with Gasteiger partial charge in [-0.15, -0.1) is 0 Å². The van der Waals surface area contributed by atoms with Gasteiger partial charge in [-0.3, -0.25) is 10.1 Å². The number of carbonyl (C=O) groups is 2. The second-order valence-electron chi connectivity index (χ2n) is 8.51. The van der Waals surface area contributed by atoms with E-state index in [9.17, 15) is 9.59 Å². The van der Waals surface area contributed by atoms with Gasteiger partial charge in [-0.1, -0.05) is 60.7 Å². The Morgan fingerprint density at radius 2 is 1.59 bits per heavy atom. The third kappa shape index (κ3) is 4.32. The molecule has 172 valence electrons. The normalized spacial score (nSPS) is 17.5. The Morgan fingerprint density at radius 1 is 0.882 bits per heavy atom. The summed E-state index contributed by atoms with van der Waals surface area (Å²) in [5, 5.41) is 3.87. The van der Waals surface area contributed by atoms with Crippen LogP contribution in [-0.2, 0) is 22.7 Å². The number of aromatic amines is 1. The minimum absolute atomic E-state index is 0.127. The van der Waals surface area contributed by atoms with E-state index < -0.39 is 11.5 Å². The van der Waals surface area contributed by atoms with Crippen LogP contribution in [0.2, 0.25) is 0 Å². The summed E-state index contributed by atoms with van der Waals surface area (Å²) in [6.45, 7) is 1.14. The average molecular weight is 455 g/mol. The van der Waals surface area contributed by atoms with Crippen LogP contribution in [0.25, 0.3) is 10.9 Å². The van der Waals surface area contributed by atoms with Crippen LogP contribution in [-0.4, -0.2) is 28.8 Å². The zero-order valence-corrected chi connectivity index (χ0v) is 18.8. The zero-order valence-electron chi connectivity index (χ0n) is 18.8.